The van der Waals surface area contributed by atoms with Gasteiger partial charge in [0, 0.05) is 18.9 Å². The number of rotatable bonds is 4. The highest BCUT2D eigenvalue weighted by Crippen LogP contribution is 2.26. The second kappa shape index (κ2) is 7.94. The van der Waals surface area contributed by atoms with E-state index in [1.54, 1.807) is 6.20 Å². The molecule has 0 radical (unpaired) electrons. The molecular formula is C23H27N7. The Labute approximate surface area is 176 Å². The molecule has 1 aromatic carbocycles. The SMILES string of the molecule is CC(C)C(=C/N)/C=C(\N)N=C1C=CC2C(=CC(n3cnc4ccccc43)=CN2C)N1. The van der Waals surface area contributed by atoms with E-state index in [4.69, 9.17) is 11.5 Å². The summed E-state index contributed by atoms with van der Waals surface area (Å²) in [6, 6.07) is 8.21. The van der Waals surface area contributed by atoms with Crippen molar-refractivity contribution in [2.75, 3.05) is 7.05 Å². The summed E-state index contributed by atoms with van der Waals surface area (Å²) in [7, 11) is 2.06. The third kappa shape index (κ3) is 3.74. The van der Waals surface area contributed by atoms with Crippen LogP contribution in [0.3, 0.4) is 0 Å². The maximum atomic E-state index is 6.13. The van der Waals surface area contributed by atoms with Crippen LogP contribution in [0.4, 0.5) is 0 Å². The molecule has 30 heavy (non-hydrogen) atoms. The lowest BCUT2D eigenvalue weighted by Gasteiger charge is -2.34. The zero-order valence-electron chi connectivity index (χ0n) is 17.4. The van der Waals surface area contributed by atoms with E-state index in [1.165, 1.54) is 0 Å². The standard InChI is InChI=1S/C23H27N7/c1-15(2)16(12-24)10-22(25)28-23-9-8-20-19(27-23)11-17(13-29(20)3)30-14-26-18-6-4-5-7-21(18)30/h4-15,20H,24-25H2,1-3H3,(H,27,28)/b16-12+,22-10+. The Hall–Kier alpha value is -3.74. The van der Waals surface area contributed by atoms with Crippen molar-refractivity contribution >= 4 is 22.6 Å². The van der Waals surface area contributed by atoms with Gasteiger partial charge in [-0.05, 0) is 48.1 Å². The number of nitrogens with one attached hydrogen (secondary N) is 1. The highest BCUT2D eigenvalue weighted by Gasteiger charge is 2.25. The van der Waals surface area contributed by atoms with Crippen molar-refractivity contribution in [2.24, 2.45) is 22.4 Å². The Morgan fingerprint density at radius 2 is 2.10 bits per heavy atom. The van der Waals surface area contributed by atoms with Crippen LogP contribution >= 0.6 is 0 Å². The number of imidazole rings is 1. The number of hydrogen-bond donors (Lipinski definition) is 3. The van der Waals surface area contributed by atoms with Crippen LogP contribution in [-0.4, -0.2) is 33.4 Å². The summed E-state index contributed by atoms with van der Waals surface area (Å²) in [5, 5.41) is 3.41. The quantitative estimate of drug-likeness (QED) is 0.685. The van der Waals surface area contributed by atoms with E-state index in [1.807, 2.05) is 36.7 Å². The Balaban J connectivity index is 1.64. The summed E-state index contributed by atoms with van der Waals surface area (Å²) < 4.78 is 2.08. The lowest BCUT2D eigenvalue weighted by atomic mass is 10.0. The minimum absolute atomic E-state index is 0.114. The molecule has 0 saturated heterocycles. The maximum absolute atomic E-state index is 6.13. The third-order valence-electron chi connectivity index (χ3n) is 5.26. The molecule has 7 heteroatoms. The summed E-state index contributed by atoms with van der Waals surface area (Å²) in [4.78, 5) is 11.2. The molecule has 1 aromatic heterocycles. The number of aromatic nitrogens is 2. The van der Waals surface area contributed by atoms with Crippen LogP contribution in [0.1, 0.15) is 13.8 Å². The van der Waals surface area contributed by atoms with Gasteiger partial charge in [0.25, 0.3) is 0 Å². The molecule has 1 unspecified atom stereocenters. The molecule has 7 nitrogen and oxygen atoms in total. The first-order chi connectivity index (χ1) is 14.5. The number of likely N-dealkylation sites (N-methyl/N-ethyl adjacent to an activating group) is 1. The van der Waals surface area contributed by atoms with Crippen molar-refractivity contribution in [3.8, 4) is 0 Å². The zero-order valence-corrected chi connectivity index (χ0v) is 17.4. The largest absolute Gasteiger partial charge is 0.404 e. The second-order valence-electron chi connectivity index (χ2n) is 7.74. The fourth-order valence-corrected chi connectivity index (χ4v) is 3.62. The van der Waals surface area contributed by atoms with Gasteiger partial charge >= 0.3 is 0 Å². The van der Waals surface area contributed by atoms with E-state index in [2.05, 4.69) is 70.1 Å². The summed E-state index contributed by atoms with van der Waals surface area (Å²) >= 11 is 0. The molecule has 0 spiro atoms. The first-order valence-corrected chi connectivity index (χ1v) is 9.97. The fraction of sp³-hybridized carbons (Fsp3) is 0.217. The average molecular weight is 402 g/mol. The van der Waals surface area contributed by atoms with Gasteiger partial charge < -0.3 is 21.7 Å². The molecule has 3 heterocycles. The van der Waals surface area contributed by atoms with E-state index in [-0.39, 0.29) is 12.0 Å². The Kier molecular flexibility index (Phi) is 5.18. The number of para-hydroxylation sites is 2. The van der Waals surface area contributed by atoms with Crippen LogP contribution in [-0.2, 0) is 0 Å². The smallest absolute Gasteiger partial charge is 0.132 e. The van der Waals surface area contributed by atoms with Gasteiger partial charge in [-0.15, -0.1) is 0 Å². The molecule has 2 aromatic rings. The molecule has 0 saturated carbocycles. The van der Waals surface area contributed by atoms with Gasteiger partial charge in [0.2, 0.25) is 0 Å². The van der Waals surface area contributed by atoms with E-state index in [0.717, 1.165) is 28.0 Å². The molecule has 0 amide bonds. The molecule has 2 aliphatic rings. The van der Waals surface area contributed by atoms with Crippen molar-refractivity contribution in [2.45, 2.75) is 19.9 Å². The van der Waals surface area contributed by atoms with Gasteiger partial charge in [-0.1, -0.05) is 32.1 Å². The number of hydrogen-bond acceptors (Lipinski definition) is 5. The first-order valence-electron chi connectivity index (χ1n) is 9.97. The highest BCUT2D eigenvalue weighted by molar-refractivity contribution is 5.97. The molecule has 5 N–H and O–H groups in total. The van der Waals surface area contributed by atoms with Crippen LogP contribution in [0.15, 0.2) is 89.4 Å². The lowest BCUT2D eigenvalue weighted by molar-refractivity contribution is 0.408. The Morgan fingerprint density at radius 3 is 2.87 bits per heavy atom. The first kappa shape index (κ1) is 19.6. The number of fused-ring (bicyclic) bond motifs is 2. The number of amidine groups is 1. The van der Waals surface area contributed by atoms with E-state index in [0.29, 0.717) is 11.7 Å². The molecule has 0 aliphatic carbocycles. The summed E-state index contributed by atoms with van der Waals surface area (Å²) in [6.07, 6.45) is 13.5. The van der Waals surface area contributed by atoms with Gasteiger partial charge in [-0.3, -0.25) is 4.57 Å². The van der Waals surface area contributed by atoms with Gasteiger partial charge in [0.1, 0.15) is 18.0 Å². The predicted molar refractivity (Wildman–Crippen MR) is 123 cm³/mol. The summed E-state index contributed by atoms with van der Waals surface area (Å²) in [5.74, 6) is 1.38. The molecule has 0 fully saturated rings. The number of nitrogens with zero attached hydrogens (tertiary/aromatic N) is 4. The number of nitrogens with two attached hydrogens (primary N) is 2. The van der Waals surface area contributed by atoms with Gasteiger partial charge in [-0.2, -0.15) is 0 Å². The van der Waals surface area contributed by atoms with Crippen molar-refractivity contribution in [3.05, 3.63) is 84.4 Å². The van der Waals surface area contributed by atoms with E-state index < -0.39 is 0 Å². The number of aliphatic imine (C=N–C) groups is 1. The third-order valence-corrected chi connectivity index (χ3v) is 5.26. The zero-order chi connectivity index (χ0) is 21.3. The second-order valence-corrected chi connectivity index (χ2v) is 7.74. The summed E-state index contributed by atoms with van der Waals surface area (Å²) in [6.45, 7) is 4.13. The minimum atomic E-state index is 0.114. The Morgan fingerprint density at radius 1 is 1.30 bits per heavy atom. The lowest BCUT2D eigenvalue weighted by Crippen LogP contribution is -2.41. The summed E-state index contributed by atoms with van der Waals surface area (Å²) in [5.41, 5.74) is 16.9. The van der Waals surface area contributed by atoms with Crippen LogP contribution < -0.4 is 16.8 Å². The molecule has 0 bridgehead atoms. The van der Waals surface area contributed by atoms with Gasteiger partial charge in [-0.25, -0.2) is 9.98 Å². The van der Waals surface area contributed by atoms with Crippen LogP contribution in [0.5, 0.6) is 0 Å². The van der Waals surface area contributed by atoms with Gasteiger partial charge in [0.05, 0.1) is 22.8 Å². The topological polar surface area (TPSA) is 97.5 Å². The fourth-order valence-electron chi connectivity index (χ4n) is 3.62. The van der Waals surface area contributed by atoms with Crippen LogP contribution in [0, 0.1) is 5.92 Å². The average Bonchev–Trinajstić information content (AvgIpc) is 3.15. The minimum Gasteiger partial charge on any atom is -0.404 e. The normalized spacial score (nSPS) is 21.0. The van der Waals surface area contributed by atoms with E-state index >= 15 is 0 Å². The highest BCUT2D eigenvalue weighted by atomic mass is 15.2. The number of allylic oxidation sites excluding steroid dienone is 4. The molecule has 1 atom stereocenters. The van der Waals surface area contributed by atoms with Crippen molar-refractivity contribution in [1.82, 2.24) is 19.8 Å². The van der Waals surface area contributed by atoms with Crippen molar-refractivity contribution in [1.29, 1.82) is 0 Å². The monoisotopic (exact) mass is 401 g/mol. The van der Waals surface area contributed by atoms with Crippen LogP contribution in [0.25, 0.3) is 16.7 Å². The van der Waals surface area contributed by atoms with Crippen LogP contribution in [0.2, 0.25) is 0 Å². The molecule has 4 rings (SSSR count). The van der Waals surface area contributed by atoms with Gasteiger partial charge in [0.15, 0.2) is 0 Å². The number of benzene rings is 1. The molecule has 2 aliphatic heterocycles. The predicted octanol–water partition coefficient (Wildman–Crippen LogP) is 2.89. The Bertz CT molecular complexity index is 1140. The van der Waals surface area contributed by atoms with Crippen molar-refractivity contribution in [3.63, 3.8) is 0 Å². The van der Waals surface area contributed by atoms with E-state index in [9.17, 15) is 0 Å². The van der Waals surface area contributed by atoms with Crippen molar-refractivity contribution < 1.29 is 0 Å². The molecule has 154 valence electrons. The maximum Gasteiger partial charge on any atom is 0.132 e. The molecular weight excluding hydrogens is 374 g/mol.